The number of benzene rings is 1. The summed E-state index contributed by atoms with van der Waals surface area (Å²) in [5.74, 6) is -0.144. The molecule has 0 aliphatic heterocycles. The lowest BCUT2D eigenvalue weighted by Crippen LogP contribution is -2.10. The van der Waals surface area contributed by atoms with Crippen LogP contribution in [0.25, 0.3) is 5.69 Å². The molecule has 0 fully saturated rings. The van der Waals surface area contributed by atoms with E-state index < -0.39 is 0 Å². The highest BCUT2D eigenvalue weighted by Gasteiger charge is 2.09. The third-order valence-electron chi connectivity index (χ3n) is 2.51. The second-order valence-electron chi connectivity index (χ2n) is 3.86. The molecule has 0 spiro atoms. The minimum absolute atomic E-state index is 0.144. The molecular weight excluding hydrogens is 342 g/mol. The Kier molecular flexibility index (Phi) is 3.57. The van der Waals surface area contributed by atoms with Gasteiger partial charge in [-0.1, -0.05) is 6.07 Å². The molecule has 1 N–H and O–H groups in total. The SMILES string of the molecule is O=C(Nc1cccc(-n2cnnn2)c1)c1ccc(Br)s1. The summed E-state index contributed by atoms with van der Waals surface area (Å²) in [5.41, 5.74) is 1.47. The van der Waals surface area contributed by atoms with Gasteiger partial charge in [-0.05, 0) is 56.7 Å². The van der Waals surface area contributed by atoms with Crippen LogP contribution in [0.15, 0.2) is 46.5 Å². The van der Waals surface area contributed by atoms with E-state index in [1.165, 1.54) is 22.3 Å². The largest absolute Gasteiger partial charge is 0.321 e. The van der Waals surface area contributed by atoms with Crippen molar-refractivity contribution >= 4 is 38.9 Å². The van der Waals surface area contributed by atoms with Gasteiger partial charge in [0, 0.05) is 5.69 Å². The van der Waals surface area contributed by atoms with Crippen LogP contribution in [-0.4, -0.2) is 26.1 Å². The molecule has 0 saturated heterocycles. The van der Waals surface area contributed by atoms with Crippen molar-refractivity contribution in [2.45, 2.75) is 0 Å². The zero-order valence-corrected chi connectivity index (χ0v) is 12.4. The van der Waals surface area contributed by atoms with Crippen LogP contribution in [0.3, 0.4) is 0 Å². The zero-order valence-electron chi connectivity index (χ0n) is 10.0. The van der Waals surface area contributed by atoms with Gasteiger partial charge in [-0.25, -0.2) is 4.68 Å². The number of rotatable bonds is 3. The second kappa shape index (κ2) is 5.51. The lowest BCUT2D eigenvalue weighted by atomic mass is 10.2. The normalized spacial score (nSPS) is 10.4. The molecule has 1 amide bonds. The average molecular weight is 350 g/mol. The van der Waals surface area contributed by atoms with E-state index in [2.05, 4.69) is 36.8 Å². The van der Waals surface area contributed by atoms with Crippen molar-refractivity contribution in [2.75, 3.05) is 5.32 Å². The maximum Gasteiger partial charge on any atom is 0.265 e. The molecule has 0 aliphatic rings. The van der Waals surface area contributed by atoms with Crippen LogP contribution in [-0.2, 0) is 0 Å². The third-order valence-corrected chi connectivity index (χ3v) is 4.14. The van der Waals surface area contributed by atoms with Gasteiger partial charge >= 0.3 is 0 Å². The molecule has 2 heterocycles. The van der Waals surface area contributed by atoms with E-state index in [1.807, 2.05) is 24.3 Å². The number of hydrogen-bond donors (Lipinski definition) is 1. The van der Waals surface area contributed by atoms with Crippen molar-refractivity contribution in [3.63, 3.8) is 0 Å². The molecule has 100 valence electrons. The summed E-state index contributed by atoms with van der Waals surface area (Å²) in [6, 6.07) is 10.9. The Balaban J connectivity index is 1.81. The predicted molar refractivity (Wildman–Crippen MR) is 79.1 cm³/mol. The predicted octanol–water partition coefficient (Wildman–Crippen LogP) is 2.74. The molecule has 0 bridgehead atoms. The number of aromatic nitrogens is 4. The zero-order chi connectivity index (χ0) is 13.9. The molecule has 0 atom stereocenters. The molecule has 6 nitrogen and oxygen atoms in total. The van der Waals surface area contributed by atoms with Gasteiger partial charge in [0.25, 0.3) is 5.91 Å². The molecule has 20 heavy (non-hydrogen) atoms. The first-order valence-electron chi connectivity index (χ1n) is 5.62. The Bertz CT molecular complexity index is 740. The quantitative estimate of drug-likeness (QED) is 0.788. The molecule has 1 aromatic carbocycles. The number of carbonyl (C=O) groups is 1. The van der Waals surface area contributed by atoms with Crippen LogP contribution in [0.4, 0.5) is 5.69 Å². The Morgan fingerprint density at radius 2 is 2.20 bits per heavy atom. The summed E-state index contributed by atoms with van der Waals surface area (Å²) in [4.78, 5) is 12.7. The third kappa shape index (κ3) is 2.75. The van der Waals surface area contributed by atoms with Gasteiger partial charge in [0.05, 0.1) is 14.4 Å². The number of carbonyl (C=O) groups excluding carboxylic acids is 1. The number of thiophene rings is 1. The van der Waals surface area contributed by atoms with E-state index in [4.69, 9.17) is 0 Å². The lowest BCUT2D eigenvalue weighted by Gasteiger charge is -2.05. The fraction of sp³-hybridized carbons (Fsp3) is 0. The fourth-order valence-electron chi connectivity index (χ4n) is 1.63. The number of tetrazole rings is 1. The molecule has 8 heteroatoms. The maximum absolute atomic E-state index is 12.1. The van der Waals surface area contributed by atoms with Gasteiger partial charge in [0.1, 0.15) is 6.33 Å². The summed E-state index contributed by atoms with van der Waals surface area (Å²) in [6.45, 7) is 0. The standard InChI is InChI=1S/C12H8BrN5OS/c13-11-5-4-10(20-11)12(19)15-8-2-1-3-9(6-8)18-7-14-16-17-18/h1-7H,(H,15,19). The van der Waals surface area contributed by atoms with Crippen molar-refractivity contribution in [2.24, 2.45) is 0 Å². The van der Waals surface area contributed by atoms with E-state index >= 15 is 0 Å². The van der Waals surface area contributed by atoms with Gasteiger partial charge < -0.3 is 5.32 Å². The average Bonchev–Trinajstić information content (AvgIpc) is 3.10. The van der Waals surface area contributed by atoms with Crippen LogP contribution in [0.2, 0.25) is 0 Å². The van der Waals surface area contributed by atoms with Crippen molar-refractivity contribution in [3.8, 4) is 5.69 Å². The fourth-order valence-corrected chi connectivity index (χ4v) is 2.92. The van der Waals surface area contributed by atoms with Crippen LogP contribution < -0.4 is 5.32 Å². The number of nitrogens with zero attached hydrogens (tertiary/aromatic N) is 4. The first-order chi connectivity index (χ1) is 9.72. The van der Waals surface area contributed by atoms with Crippen LogP contribution in [0.5, 0.6) is 0 Å². The van der Waals surface area contributed by atoms with Crippen LogP contribution >= 0.6 is 27.3 Å². The summed E-state index contributed by atoms with van der Waals surface area (Å²) < 4.78 is 2.45. The van der Waals surface area contributed by atoms with Crippen molar-refractivity contribution in [1.29, 1.82) is 0 Å². The van der Waals surface area contributed by atoms with Gasteiger partial charge in [-0.2, -0.15) is 0 Å². The van der Waals surface area contributed by atoms with E-state index in [-0.39, 0.29) is 5.91 Å². The molecule has 3 aromatic rings. The number of halogens is 1. The molecule has 0 aliphatic carbocycles. The highest BCUT2D eigenvalue weighted by molar-refractivity contribution is 9.11. The molecule has 0 unspecified atom stereocenters. The summed E-state index contributed by atoms with van der Waals surface area (Å²) in [7, 11) is 0. The first-order valence-corrected chi connectivity index (χ1v) is 7.23. The molecule has 2 aromatic heterocycles. The Morgan fingerprint density at radius 3 is 2.90 bits per heavy atom. The lowest BCUT2D eigenvalue weighted by molar-refractivity contribution is 0.103. The van der Waals surface area contributed by atoms with Gasteiger partial charge in [-0.3, -0.25) is 4.79 Å². The summed E-state index contributed by atoms with van der Waals surface area (Å²) in [6.07, 6.45) is 1.50. The number of anilines is 1. The second-order valence-corrected chi connectivity index (χ2v) is 6.33. The highest BCUT2D eigenvalue weighted by Crippen LogP contribution is 2.23. The van der Waals surface area contributed by atoms with Crippen molar-refractivity contribution in [1.82, 2.24) is 20.2 Å². The van der Waals surface area contributed by atoms with Crippen LogP contribution in [0.1, 0.15) is 9.67 Å². The first kappa shape index (κ1) is 12.9. The van der Waals surface area contributed by atoms with Gasteiger partial charge in [0.2, 0.25) is 0 Å². The van der Waals surface area contributed by atoms with Crippen molar-refractivity contribution < 1.29 is 4.79 Å². The Labute approximate surface area is 126 Å². The number of nitrogens with one attached hydrogen (secondary N) is 1. The molecular formula is C12H8BrN5OS. The van der Waals surface area contributed by atoms with Crippen molar-refractivity contribution in [3.05, 3.63) is 51.4 Å². The summed E-state index contributed by atoms with van der Waals surface area (Å²) in [5, 5.41) is 13.8. The Hall–Kier alpha value is -2.06. The van der Waals surface area contributed by atoms with E-state index in [0.717, 1.165) is 9.47 Å². The van der Waals surface area contributed by atoms with E-state index in [0.29, 0.717) is 10.6 Å². The smallest absolute Gasteiger partial charge is 0.265 e. The molecule has 0 saturated carbocycles. The minimum Gasteiger partial charge on any atom is -0.321 e. The monoisotopic (exact) mass is 349 g/mol. The van der Waals surface area contributed by atoms with Crippen LogP contribution in [0, 0.1) is 0 Å². The number of amides is 1. The van der Waals surface area contributed by atoms with Gasteiger partial charge in [0.15, 0.2) is 0 Å². The van der Waals surface area contributed by atoms with E-state index in [1.54, 1.807) is 12.1 Å². The molecule has 0 radical (unpaired) electrons. The topological polar surface area (TPSA) is 72.7 Å². The summed E-state index contributed by atoms with van der Waals surface area (Å²) >= 11 is 4.72. The highest BCUT2D eigenvalue weighted by atomic mass is 79.9. The van der Waals surface area contributed by atoms with E-state index in [9.17, 15) is 4.79 Å². The van der Waals surface area contributed by atoms with Gasteiger partial charge in [-0.15, -0.1) is 16.4 Å². The molecule has 3 rings (SSSR count). The Morgan fingerprint density at radius 1 is 1.30 bits per heavy atom. The minimum atomic E-state index is -0.144. The number of hydrogen-bond acceptors (Lipinski definition) is 5. The maximum atomic E-state index is 12.1.